The molecule has 0 atom stereocenters. The number of hydrogen-bond acceptors (Lipinski definition) is 3. The van der Waals surface area contributed by atoms with Gasteiger partial charge in [-0.1, -0.05) is 38.4 Å². The van der Waals surface area contributed by atoms with E-state index < -0.39 is 10.0 Å². The first kappa shape index (κ1) is 13.3. The predicted molar refractivity (Wildman–Crippen MR) is 66.4 cm³/mol. The molecule has 1 aromatic heterocycles. The van der Waals surface area contributed by atoms with Gasteiger partial charge in [-0.15, -0.1) is 0 Å². The van der Waals surface area contributed by atoms with E-state index in [1.54, 1.807) is 12.1 Å². The lowest BCUT2D eigenvalue weighted by Gasteiger charge is -2.20. The summed E-state index contributed by atoms with van der Waals surface area (Å²) in [7, 11) is -3.31. The second kappa shape index (κ2) is 4.22. The minimum Gasteiger partial charge on any atom is -0.268 e. The van der Waals surface area contributed by atoms with Crippen molar-refractivity contribution in [1.82, 2.24) is 4.98 Å². The van der Waals surface area contributed by atoms with Crippen LogP contribution in [0.25, 0.3) is 0 Å². The van der Waals surface area contributed by atoms with Crippen LogP contribution in [0, 0.1) is 0 Å². The number of pyridine rings is 1. The van der Waals surface area contributed by atoms with Crippen molar-refractivity contribution in [1.29, 1.82) is 0 Å². The third kappa shape index (κ3) is 3.64. The highest BCUT2D eigenvalue weighted by Crippen LogP contribution is 2.29. The lowest BCUT2D eigenvalue weighted by Crippen LogP contribution is -2.15. The fraction of sp³-hybridized carbons (Fsp3) is 0.500. The van der Waals surface area contributed by atoms with Crippen molar-refractivity contribution >= 4 is 27.4 Å². The summed E-state index contributed by atoms with van der Waals surface area (Å²) in [5, 5.41) is 0.321. The highest BCUT2D eigenvalue weighted by atomic mass is 35.5. The minimum absolute atomic E-state index is 0.117. The van der Waals surface area contributed by atoms with Crippen molar-refractivity contribution in [2.24, 2.45) is 0 Å². The minimum atomic E-state index is -3.31. The van der Waals surface area contributed by atoms with Crippen LogP contribution in [0.2, 0.25) is 5.15 Å². The summed E-state index contributed by atoms with van der Waals surface area (Å²) in [4.78, 5) is 4.00. The van der Waals surface area contributed by atoms with Crippen LogP contribution in [0.1, 0.15) is 26.3 Å². The van der Waals surface area contributed by atoms with Gasteiger partial charge in [-0.05, 0) is 17.0 Å². The van der Waals surface area contributed by atoms with Crippen molar-refractivity contribution in [3.05, 3.63) is 22.8 Å². The number of nitrogens with one attached hydrogen (secondary N) is 1. The molecule has 4 nitrogen and oxygen atoms in total. The predicted octanol–water partition coefficient (Wildman–Crippen LogP) is 2.40. The smallest absolute Gasteiger partial charge is 0.230 e. The molecule has 1 aromatic rings. The molecule has 0 amide bonds. The second-order valence-corrected chi connectivity index (χ2v) is 6.77. The third-order valence-electron chi connectivity index (χ3n) is 1.95. The van der Waals surface area contributed by atoms with E-state index in [2.05, 4.69) is 9.71 Å². The van der Waals surface area contributed by atoms with E-state index in [-0.39, 0.29) is 11.2 Å². The van der Waals surface area contributed by atoms with Crippen molar-refractivity contribution in [3.8, 4) is 0 Å². The summed E-state index contributed by atoms with van der Waals surface area (Å²) in [6.07, 6.45) is 1.07. The number of aromatic nitrogens is 1. The molecule has 0 aliphatic rings. The number of nitrogens with zero attached hydrogens (tertiary/aromatic N) is 1. The summed E-state index contributed by atoms with van der Waals surface area (Å²) in [5.41, 5.74) is 0.765. The quantitative estimate of drug-likeness (QED) is 0.833. The molecule has 0 unspecified atom stereocenters. The van der Waals surface area contributed by atoms with Gasteiger partial charge in [0.2, 0.25) is 10.0 Å². The monoisotopic (exact) mass is 262 g/mol. The van der Waals surface area contributed by atoms with Crippen LogP contribution in [0.5, 0.6) is 0 Å². The first-order valence-electron chi connectivity index (χ1n) is 4.74. The maximum Gasteiger partial charge on any atom is 0.230 e. The standard InChI is InChI=1S/C10H15ClN2O2S/c1-10(2,3)7-5-6-8(12-9(7)11)13-16(4,14)15/h5-6H,1-4H3,(H,12,13). The molecule has 0 aliphatic carbocycles. The fourth-order valence-electron chi connectivity index (χ4n) is 1.24. The van der Waals surface area contributed by atoms with Crippen LogP contribution in [0.15, 0.2) is 12.1 Å². The van der Waals surface area contributed by atoms with E-state index in [9.17, 15) is 8.42 Å². The topological polar surface area (TPSA) is 59.1 Å². The number of hydrogen-bond donors (Lipinski definition) is 1. The summed E-state index contributed by atoms with van der Waals surface area (Å²) in [6.45, 7) is 6.04. The van der Waals surface area contributed by atoms with Crippen molar-refractivity contribution < 1.29 is 8.42 Å². The Labute approximate surface area is 101 Å². The van der Waals surface area contributed by atoms with Gasteiger partial charge in [-0.2, -0.15) is 0 Å². The maximum absolute atomic E-state index is 11.0. The van der Waals surface area contributed by atoms with Crippen molar-refractivity contribution in [3.63, 3.8) is 0 Å². The molecule has 0 saturated carbocycles. The van der Waals surface area contributed by atoms with E-state index in [1.165, 1.54) is 0 Å². The van der Waals surface area contributed by atoms with Gasteiger partial charge in [0.05, 0.1) is 6.26 Å². The molecule has 0 bridgehead atoms. The van der Waals surface area contributed by atoms with Crippen molar-refractivity contribution in [2.75, 3.05) is 11.0 Å². The number of sulfonamides is 1. The van der Waals surface area contributed by atoms with E-state index >= 15 is 0 Å². The summed E-state index contributed by atoms with van der Waals surface area (Å²) in [6, 6.07) is 3.39. The van der Waals surface area contributed by atoms with Crippen LogP contribution < -0.4 is 4.72 Å². The Hall–Kier alpha value is -0.810. The molecule has 0 aliphatic heterocycles. The van der Waals surface area contributed by atoms with E-state index in [0.717, 1.165) is 11.8 Å². The van der Waals surface area contributed by atoms with Gasteiger partial charge in [0.25, 0.3) is 0 Å². The van der Waals surface area contributed by atoms with Gasteiger partial charge in [0.1, 0.15) is 11.0 Å². The molecule has 1 rings (SSSR count). The van der Waals surface area contributed by atoms with Gasteiger partial charge in [-0.25, -0.2) is 13.4 Å². The SMILES string of the molecule is CC(C)(C)c1ccc(NS(C)(=O)=O)nc1Cl. The first-order valence-corrected chi connectivity index (χ1v) is 7.01. The Morgan fingerprint density at radius 3 is 2.25 bits per heavy atom. The molecule has 0 radical (unpaired) electrons. The summed E-state index contributed by atoms with van der Waals surface area (Å²) in [5.74, 6) is 0.237. The molecule has 0 aromatic carbocycles. The first-order chi connectivity index (χ1) is 7.09. The van der Waals surface area contributed by atoms with Gasteiger partial charge in [-0.3, -0.25) is 4.72 Å². The molecule has 16 heavy (non-hydrogen) atoms. The average Bonchev–Trinajstić information content (AvgIpc) is 1.97. The molecule has 1 N–H and O–H groups in total. The zero-order chi connectivity index (χ0) is 12.6. The Morgan fingerprint density at radius 2 is 1.88 bits per heavy atom. The van der Waals surface area contributed by atoms with Crippen LogP contribution in [-0.4, -0.2) is 19.7 Å². The Bertz CT molecular complexity index is 492. The van der Waals surface area contributed by atoms with Crippen molar-refractivity contribution in [2.45, 2.75) is 26.2 Å². The van der Waals surface area contributed by atoms with Gasteiger partial charge in [0.15, 0.2) is 0 Å². The summed E-state index contributed by atoms with van der Waals surface area (Å²) >= 11 is 6.00. The Morgan fingerprint density at radius 1 is 1.31 bits per heavy atom. The third-order valence-corrected chi connectivity index (χ3v) is 2.81. The molecule has 0 saturated heterocycles. The van der Waals surface area contributed by atoms with E-state index in [1.807, 2.05) is 20.8 Å². The fourth-order valence-corrected chi connectivity index (χ4v) is 2.17. The van der Waals surface area contributed by atoms with Gasteiger partial charge in [0, 0.05) is 0 Å². The van der Waals surface area contributed by atoms with E-state index in [4.69, 9.17) is 11.6 Å². The van der Waals surface area contributed by atoms with E-state index in [0.29, 0.717) is 5.15 Å². The van der Waals surface area contributed by atoms with Crippen LogP contribution >= 0.6 is 11.6 Å². The Balaban J connectivity index is 3.10. The molecule has 6 heteroatoms. The molecular formula is C10H15ClN2O2S. The number of rotatable bonds is 2. The molecule has 0 spiro atoms. The largest absolute Gasteiger partial charge is 0.268 e. The molecule has 0 fully saturated rings. The Kier molecular flexibility index (Phi) is 3.50. The average molecular weight is 263 g/mol. The normalized spacial score (nSPS) is 12.6. The lowest BCUT2D eigenvalue weighted by molar-refractivity contribution is 0.588. The van der Waals surface area contributed by atoms with Crippen LogP contribution in [0.4, 0.5) is 5.82 Å². The molecular weight excluding hydrogens is 248 g/mol. The molecule has 90 valence electrons. The summed E-state index contributed by atoms with van der Waals surface area (Å²) < 4.78 is 24.3. The number of halogens is 1. The zero-order valence-electron chi connectivity index (χ0n) is 9.70. The van der Waals surface area contributed by atoms with Gasteiger partial charge < -0.3 is 0 Å². The van der Waals surface area contributed by atoms with Gasteiger partial charge >= 0.3 is 0 Å². The maximum atomic E-state index is 11.0. The zero-order valence-corrected chi connectivity index (χ0v) is 11.3. The second-order valence-electron chi connectivity index (χ2n) is 4.66. The van der Waals surface area contributed by atoms with Crippen LogP contribution in [-0.2, 0) is 15.4 Å². The van der Waals surface area contributed by atoms with Crippen LogP contribution in [0.3, 0.4) is 0 Å². The molecule has 1 heterocycles. The lowest BCUT2D eigenvalue weighted by atomic mass is 9.88. The number of anilines is 1. The highest BCUT2D eigenvalue weighted by molar-refractivity contribution is 7.92. The highest BCUT2D eigenvalue weighted by Gasteiger charge is 2.18.